The van der Waals surface area contributed by atoms with Crippen molar-refractivity contribution >= 4 is 29.1 Å². The van der Waals surface area contributed by atoms with Gasteiger partial charge in [0.25, 0.3) is 5.91 Å². The Bertz CT molecular complexity index is 897. The van der Waals surface area contributed by atoms with E-state index in [0.29, 0.717) is 27.3 Å². The van der Waals surface area contributed by atoms with E-state index in [2.05, 4.69) is 11.9 Å². The van der Waals surface area contributed by atoms with Crippen LogP contribution in [0.4, 0.5) is 0 Å². The fraction of sp³-hybridized carbons (Fsp3) is 0.100. The van der Waals surface area contributed by atoms with Crippen LogP contribution in [0.5, 0.6) is 0 Å². The number of amides is 1. The molecule has 0 fully saturated rings. The number of nitrogens with one attached hydrogen (secondary N) is 1. The minimum absolute atomic E-state index is 0.0329. The predicted molar refractivity (Wildman–Crippen MR) is 97.1 cm³/mol. The second kappa shape index (κ2) is 6.95. The summed E-state index contributed by atoms with van der Waals surface area (Å²) in [4.78, 5) is 24.4. The van der Waals surface area contributed by atoms with E-state index in [0.717, 1.165) is 5.56 Å². The summed E-state index contributed by atoms with van der Waals surface area (Å²) in [5.41, 5.74) is 3.10. The lowest BCUT2D eigenvalue weighted by Gasteiger charge is -2.08. The monoisotopic (exact) mass is 353 g/mol. The number of aryl methyl sites for hydroxylation is 1. The molecule has 1 N–H and O–H groups in total. The number of cyclic esters (lactones) is 1. The first kappa shape index (κ1) is 17.0. The summed E-state index contributed by atoms with van der Waals surface area (Å²) in [5, 5.41) is 3.23. The van der Waals surface area contributed by atoms with E-state index in [4.69, 9.17) is 16.3 Å². The SMILES string of the molecule is C=C1OC(=O)C(CNC(=O)c2ccc(C)cc2)=C1c1ccccc1Cl. The standard InChI is InChI=1S/C20H16ClNO3/c1-12-7-9-14(10-8-12)19(23)22-11-16-18(13(2)25-20(16)24)15-5-3-4-6-17(15)21/h3-10H,2,11H2,1H3,(H,22,23). The molecule has 4 nitrogen and oxygen atoms in total. The molecule has 0 radical (unpaired) electrons. The number of hydrogen-bond acceptors (Lipinski definition) is 3. The van der Waals surface area contributed by atoms with Crippen molar-refractivity contribution in [2.24, 2.45) is 0 Å². The second-order valence-corrected chi connectivity index (χ2v) is 6.10. The average Bonchev–Trinajstić information content (AvgIpc) is 2.87. The van der Waals surface area contributed by atoms with Gasteiger partial charge < -0.3 is 10.1 Å². The zero-order valence-corrected chi connectivity index (χ0v) is 14.4. The number of esters is 1. The zero-order chi connectivity index (χ0) is 18.0. The van der Waals surface area contributed by atoms with E-state index < -0.39 is 5.97 Å². The molecule has 0 unspecified atom stereocenters. The van der Waals surface area contributed by atoms with Crippen molar-refractivity contribution in [3.63, 3.8) is 0 Å². The van der Waals surface area contributed by atoms with Gasteiger partial charge in [0.05, 0.1) is 12.1 Å². The maximum absolute atomic E-state index is 12.3. The van der Waals surface area contributed by atoms with Gasteiger partial charge in [0.2, 0.25) is 0 Å². The minimum atomic E-state index is -0.524. The molecular weight excluding hydrogens is 338 g/mol. The molecule has 5 heteroatoms. The highest BCUT2D eigenvalue weighted by Crippen LogP contribution is 2.36. The van der Waals surface area contributed by atoms with Gasteiger partial charge in [0.15, 0.2) is 0 Å². The minimum Gasteiger partial charge on any atom is -0.423 e. The van der Waals surface area contributed by atoms with Gasteiger partial charge in [0.1, 0.15) is 5.76 Å². The Morgan fingerprint density at radius 3 is 2.52 bits per heavy atom. The molecule has 0 aromatic heterocycles. The Morgan fingerprint density at radius 1 is 1.16 bits per heavy atom. The Labute approximate surface area is 150 Å². The van der Waals surface area contributed by atoms with Crippen LogP contribution in [0.3, 0.4) is 0 Å². The Balaban J connectivity index is 1.87. The van der Waals surface area contributed by atoms with E-state index in [1.807, 2.05) is 25.1 Å². The first-order chi connectivity index (χ1) is 12.0. The maximum Gasteiger partial charge on any atom is 0.342 e. The summed E-state index contributed by atoms with van der Waals surface area (Å²) >= 11 is 6.23. The number of carbonyl (C=O) groups is 2. The highest BCUT2D eigenvalue weighted by Gasteiger charge is 2.30. The van der Waals surface area contributed by atoms with E-state index in [9.17, 15) is 9.59 Å². The van der Waals surface area contributed by atoms with Gasteiger partial charge >= 0.3 is 5.97 Å². The normalized spacial score (nSPS) is 13.8. The van der Waals surface area contributed by atoms with Crippen LogP contribution in [0, 0.1) is 6.92 Å². The summed E-state index contributed by atoms with van der Waals surface area (Å²) in [7, 11) is 0. The van der Waals surface area contributed by atoms with Gasteiger partial charge in [-0.2, -0.15) is 0 Å². The van der Waals surface area contributed by atoms with Crippen LogP contribution in [0.2, 0.25) is 5.02 Å². The van der Waals surface area contributed by atoms with E-state index in [-0.39, 0.29) is 18.2 Å². The molecule has 1 amide bonds. The van der Waals surface area contributed by atoms with E-state index in [1.165, 1.54) is 0 Å². The first-order valence-corrected chi connectivity index (χ1v) is 8.09. The van der Waals surface area contributed by atoms with Crippen LogP contribution in [-0.4, -0.2) is 18.4 Å². The topological polar surface area (TPSA) is 55.4 Å². The molecule has 2 aromatic carbocycles. The smallest absolute Gasteiger partial charge is 0.342 e. The van der Waals surface area contributed by atoms with Crippen molar-refractivity contribution in [1.29, 1.82) is 0 Å². The number of ether oxygens (including phenoxy) is 1. The molecule has 0 spiro atoms. The van der Waals surface area contributed by atoms with Crippen molar-refractivity contribution in [3.8, 4) is 0 Å². The Hall–Kier alpha value is -2.85. The van der Waals surface area contributed by atoms with Crippen molar-refractivity contribution in [3.05, 3.63) is 88.2 Å². The third-order valence-electron chi connectivity index (χ3n) is 3.93. The number of benzene rings is 2. The van der Waals surface area contributed by atoms with Crippen LogP contribution in [-0.2, 0) is 9.53 Å². The van der Waals surface area contributed by atoms with E-state index >= 15 is 0 Å². The number of hydrogen-bond donors (Lipinski definition) is 1. The van der Waals surface area contributed by atoms with Crippen LogP contribution < -0.4 is 5.32 Å². The molecule has 3 rings (SSSR count). The summed E-state index contributed by atoms with van der Waals surface area (Å²) < 4.78 is 5.13. The van der Waals surface area contributed by atoms with Crippen LogP contribution >= 0.6 is 11.6 Å². The summed E-state index contributed by atoms with van der Waals surface area (Å²) in [6.45, 7) is 5.76. The predicted octanol–water partition coefficient (Wildman–Crippen LogP) is 3.90. The van der Waals surface area contributed by atoms with Crippen LogP contribution in [0.25, 0.3) is 5.57 Å². The number of rotatable bonds is 4. The Kier molecular flexibility index (Phi) is 4.72. The fourth-order valence-corrected chi connectivity index (χ4v) is 2.84. The number of allylic oxidation sites excluding steroid dienone is 1. The van der Waals surface area contributed by atoms with Crippen LogP contribution in [0.1, 0.15) is 21.5 Å². The highest BCUT2D eigenvalue weighted by atomic mass is 35.5. The van der Waals surface area contributed by atoms with Gasteiger partial charge in [0, 0.05) is 21.7 Å². The molecule has 0 atom stereocenters. The van der Waals surface area contributed by atoms with Gasteiger partial charge in [-0.3, -0.25) is 4.79 Å². The number of carbonyl (C=O) groups excluding carboxylic acids is 2. The quantitative estimate of drug-likeness (QED) is 0.848. The molecule has 2 aromatic rings. The summed E-state index contributed by atoms with van der Waals surface area (Å²) in [5.74, 6) is -0.557. The summed E-state index contributed by atoms with van der Waals surface area (Å²) in [6, 6.07) is 14.3. The third kappa shape index (κ3) is 3.49. The van der Waals surface area contributed by atoms with Crippen molar-refractivity contribution < 1.29 is 14.3 Å². The Morgan fingerprint density at radius 2 is 1.84 bits per heavy atom. The lowest BCUT2D eigenvalue weighted by Crippen LogP contribution is -2.27. The molecule has 0 aliphatic carbocycles. The van der Waals surface area contributed by atoms with Gasteiger partial charge in [-0.25, -0.2) is 4.79 Å². The molecular formula is C20H16ClNO3. The van der Waals surface area contributed by atoms with Crippen molar-refractivity contribution in [2.45, 2.75) is 6.92 Å². The molecule has 0 bridgehead atoms. The molecule has 1 aliphatic rings. The second-order valence-electron chi connectivity index (χ2n) is 5.69. The number of halogens is 1. The molecule has 1 aliphatic heterocycles. The molecule has 1 heterocycles. The molecule has 0 saturated carbocycles. The average molecular weight is 354 g/mol. The third-order valence-corrected chi connectivity index (χ3v) is 4.26. The zero-order valence-electron chi connectivity index (χ0n) is 13.6. The lowest BCUT2D eigenvalue weighted by atomic mass is 10.00. The lowest BCUT2D eigenvalue weighted by molar-refractivity contribution is -0.133. The molecule has 126 valence electrons. The van der Waals surface area contributed by atoms with Gasteiger partial charge in [-0.05, 0) is 25.1 Å². The first-order valence-electron chi connectivity index (χ1n) is 7.71. The molecule has 25 heavy (non-hydrogen) atoms. The van der Waals surface area contributed by atoms with E-state index in [1.54, 1.807) is 30.3 Å². The van der Waals surface area contributed by atoms with Gasteiger partial charge in [-0.15, -0.1) is 0 Å². The van der Waals surface area contributed by atoms with Crippen molar-refractivity contribution in [2.75, 3.05) is 6.54 Å². The molecule has 0 saturated heterocycles. The highest BCUT2D eigenvalue weighted by molar-refractivity contribution is 6.33. The largest absolute Gasteiger partial charge is 0.423 e. The summed E-state index contributed by atoms with van der Waals surface area (Å²) in [6.07, 6.45) is 0. The fourth-order valence-electron chi connectivity index (χ4n) is 2.61. The van der Waals surface area contributed by atoms with Gasteiger partial charge in [-0.1, -0.05) is 54.1 Å². The maximum atomic E-state index is 12.3. The van der Waals surface area contributed by atoms with Crippen LogP contribution in [0.15, 0.2) is 66.4 Å². The van der Waals surface area contributed by atoms with Crippen molar-refractivity contribution in [1.82, 2.24) is 5.32 Å².